The normalized spacial score (nSPS) is 19.2. The van der Waals surface area contributed by atoms with E-state index >= 15 is 0 Å². The second-order valence-electron chi connectivity index (χ2n) is 33.3. The number of aryl methyl sites for hydroxylation is 2. The van der Waals surface area contributed by atoms with Crippen molar-refractivity contribution in [3.8, 4) is 23.0 Å². The molecule has 0 spiro atoms. The number of anilines is 5. The highest BCUT2D eigenvalue weighted by Crippen LogP contribution is 2.45. The fourth-order valence-corrected chi connectivity index (χ4v) is 18.2. The molecule has 0 saturated heterocycles. The topological polar surface area (TPSA) is 115 Å². The molecule has 14 nitrogen and oxygen atoms in total. The van der Waals surface area contributed by atoms with Gasteiger partial charge in [0.2, 0.25) is 0 Å². The lowest BCUT2D eigenvalue weighted by Gasteiger charge is -2.30. The summed E-state index contributed by atoms with van der Waals surface area (Å²) in [5, 5.41) is 2.20. The van der Waals surface area contributed by atoms with Gasteiger partial charge >= 0.3 is 0 Å². The molecule has 0 aromatic heterocycles. The number of aliphatic imine (C=N–C) groups is 5. The van der Waals surface area contributed by atoms with Crippen molar-refractivity contribution < 1.29 is 18.9 Å². The van der Waals surface area contributed by atoms with Gasteiger partial charge in [-0.1, -0.05) is 264 Å². The summed E-state index contributed by atoms with van der Waals surface area (Å²) in [7, 11) is 6.73. The number of halogens is 3. The average Bonchev–Trinajstić information content (AvgIpc) is 1.67. The van der Waals surface area contributed by atoms with Crippen LogP contribution in [0.4, 0.5) is 28.4 Å². The van der Waals surface area contributed by atoms with E-state index in [0.29, 0.717) is 0 Å². The Morgan fingerprint density at radius 2 is 0.368 bits per heavy atom. The first-order chi connectivity index (χ1) is 64.9. The molecule has 0 saturated carbocycles. The Morgan fingerprint density at radius 3 is 0.617 bits per heavy atom. The van der Waals surface area contributed by atoms with E-state index in [0.717, 1.165) is 117 Å². The number of hydrogen-bond acceptors (Lipinski definition) is 14. The van der Waals surface area contributed by atoms with E-state index < -0.39 is 0 Å². The number of benzene rings is 15. The van der Waals surface area contributed by atoms with Crippen LogP contribution in [0.15, 0.2) is 425 Å². The Labute approximate surface area is 797 Å². The van der Waals surface area contributed by atoms with Gasteiger partial charge in [0.25, 0.3) is 0 Å². The number of para-hydroxylation sites is 2. The smallest absolute Gasteiger partial charge is 0.148 e. The summed E-state index contributed by atoms with van der Waals surface area (Å²) in [6, 6.07) is 137. The number of hydrogen-bond donors (Lipinski definition) is 0. The zero-order chi connectivity index (χ0) is 92.4. The molecule has 10 unspecified atom stereocenters. The summed E-state index contributed by atoms with van der Waals surface area (Å²) in [6.45, 7) is 15.3. The fraction of sp³-hybridized carbons (Fsp3) is 0.181. The van der Waals surface area contributed by atoms with Crippen LogP contribution in [0.3, 0.4) is 0 Å². The third kappa shape index (κ3) is 21.4. The molecule has 5 heterocycles. The Morgan fingerprint density at radius 1 is 0.195 bits per heavy atom. The number of methoxy groups -OCH3 is 4. The van der Waals surface area contributed by atoms with Crippen LogP contribution in [-0.2, 0) is 0 Å². The summed E-state index contributed by atoms with van der Waals surface area (Å²) in [5.74, 6) is 3.40. The van der Waals surface area contributed by atoms with Crippen LogP contribution in [0.2, 0.25) is 15.1 Å². The van der Waals surface area contributed by atoms with Crippen molar-refractivity contribution in [1.82, 2.24) is 0 Å². The molecule has 668 valence electrons. The molecule has 20 rings (SSSR count). The predicted octanol–water partition coefficient (Wildman–Crippen LogP) is 28.0. The van der Waals surface area contributed by atoms with Gasteiger partial charge in [0, 0.05) is 43.5 Å². The SMILES string of the molecule is CC1C(c2ccccc2)=NC(c2ccccc2)N1c1ccccc1.COc1ccc(C2=NC(c3ccc(OC)cc3)N(c3ccccc3)C2C)cc1.COc1ccc(C2=NC(c3ccccc3)N(c3ccc(C)cc3)C2C)cc1.COc1ccc(C2=NC(c3ccccc3)N(c3ccc(Cl)cc3)C2C)cc1.Cc1ccc(N2C(C)C(c3ccc(Cl)cc3)=NC2c2ccc(Cl)cc2)cc1. The van der Waals surface area contributed by atoms with Crippen molar-refractivity contribution in [2.24, 2.45) is 25.0 Å². The Balaban J connectivity index is 0.000000121. The Kier molecular flexibility index (Phi) is 29.9. The maximum atomic E-state index is 6.10. The van der Waals surface area contributed by atoms with Crippen molar-refractivity contribution in [2.75, 3.05) is 52.9 Å². The number of ether oxygens (including phenoxy) is 4. The third-order valence-electron chi connectivity index (χ3n) is 24.8. The third-order valence-corrected chi connectivity index (χ3v) is 25.6. The van der Waals surface area contributed by atoms with Crippen LogP contribution >= 0.6 is 34.8 Å². The molecule has 17 heteroatoms. The molecular weight excluding hydrogens is 1700 g/mol. The maximum absolute atomic E-state index is 6.10. The predicted molar refractivity (Wildman–Crippen MR) is 553 cm³/mol. The summed E-state index contributed by atoms with van der Waals surface area (Å²) < 4.78 is 21.2. The minimum Gasteiger partial charge on any atom is -0.497 e. The van der Waals surface area contributed by atoms with E-state index in [2.05, 4.69) is 352 Å². The molecule has 10 atom stereocenters. The van der Waals surface area contributed by atoms with Gasteiger partial charge in [-0.2, -0.15) is 0 Å². The second kappa shape index (κ2) is 43.2. The monoisotopic (exact) mass is 1810 g/mol. The van der Waals surface area contributed by atoms with Gasteiger partial charge in [-0.15, -0.1) is 0 Å². The lowest BCUT2D eigenvalue weighted by molar-refractivity contribution is 0.414. The fourth-order valence-electron chi connectivity index (χ4n) is 17.9. The Bertz CT molecular complexity index is 6290. The minimum atomic E-state index is -0.0920. The first kappa shape index (κ1) is 92.0. The highest BCUT2D eigenvalue weighted by Gasteiger charge is 2.41. The van der Waals surface area contributed by atoms with Crippen LogP contribution < -0.4 is 43.4 Å². The quantitative estimate of drug-likeness (QED) is 0.0780. The average molecular weight is 1810 g/mol. The van der Waals surface area contributed by atoms with Crippen molar-refractivity contribution in [3.05, 3.63) is 482 Å². The first-order valence-electron chi connectivity index (χ1n) is 45.0. The van der Waals surface area contributed by atoms with Crippen LogP contribution in [0, 0.1) is 13.8 Å². The van der Waals surface area contributed by atoms with Crippen LogP contribution in [0.1, 0.15) is 132 Å². The summed E-state index contributed by atoms with van der Waals surface area (Å²) >= 11 is 18.3. The van der Waals surface area contributed by atoms with Crippen LogP contribution in [-0.4, -0.2) is 87.2 Å². The van der Waals surface area contributed by atoms with Crippen LogP contribution in [0.5, 0.6) is 23.0 Å². The lowest BCUT2D eigenvalue weighted by Crippen LogP contribution is -2.35. The molecule has 15 aromatic rings. The highest BCUT2D eigenvalue weighted by molar-refractivity contribution is 6.31. The molecule has 0 radical (unpaired) electrons. The van der Waals surface area contributed by atoms with E-state index in [-0.39, 0.29) is 61.0 Å². The molecule has 0 N–H and O–H groups in total. The highest BCUT2D eigenvalue weighted by atomic mass is 35.5. The van der Waals surface area contributed by atoms with Gasteiger partial charge in [-0.25, -0.2) is 0 Å². The summed E-state index contributed by atoms with van der Waals surface area (Å²) in [4.78, 5) is 37.5. The zero-order valence-corrected chi connectivity index (χ0v) is 78.9. The second-order valence-corrected chi connectivity index (χ2v) is 34.6. The number of nitrogens with zero attached hydrogens (tertiary/aromatic N) is 10. The van der Waals surface area contributed by atoms with Crippen LogP contribution in [0.25, 0.3) is 0 Å². The molecule has 133 heavy (non-hydrogen) atoms. The minimum absolute atomic E-state index is 0.0128. The molecule has 0 bridgehead atoms. The molecule has 0 fully saturated rings. The lowest BCUT2D eigenvalue weighted by atomic mass is 10.0. The van der Waals surface area contributed by atoms with E-state index in [1.807, 2.05) is 121 Å². The van der Waals surface area contributed by atoms with E-state index in [4.69, 9.17) is 78.7 Å². The van der Waals surface area contributed by atoms with E-state index in [1.54, 1.807) is 28.4 Å². The van der Waals surface area contributed by atoms with Crippen molar-refractivity contribution in [2.45, 2.75) is 110 Å². The van der Waals surface area contributed by atoms with Crippen molar-refractivity contribution in [3.63, 3.8) is 0 Å². The van der Waals surface area contributed by atoms with E-state index in [9.17, 15) is 0 Å². The maximum Gasteiger partial charge on any atom is 0.148 e. The molecule has 15 aromatic carbocycles. The van der Waals surface area contributed by atoms with Crippen molar-refractivity contribution in [1.29, 1.82) is 0 Å². The molecular formula is C116H109Cl3N10O4. The zero-order valence-electron chi connectivity index (χ0n) is 76.6. The van der Waals surface area contributed by atoms with Gasteiger partial charge in [-0.05, 0) is 286 Å². The van der Waals surface area contributed by atoms with Gasteiger partial charge in [0.1, 0.15) is 53.8 Å². The number of rotatable bonds is 19. The summed E-state index contributed by atoms with van der Waals surface area (Å²) in [5.41, 5.74) is 25.3. The Hall–Kier alpha value is -14.3. The van der Waals surface area contributed by atoms with Gasteiger partial charge in [0.15, 0.2) is 0 Å². The molecule has 0 amide bonds. The van der Waals surface area contributed by atoms with Gasteiger partial charge < -0.3 is 43.4 Å². The van der Waals surface area contributed by atoms with Crippen molar-refractivity contribution >= 4 is 91.8 Å². The summed E-state index contributed by atoms with van der Waals surface area (Å²) in [6.07, 6.45) is -0.259. The largest absolute Gasteiger partial charge is 0.497 e. The van der Waals surface area contributed by atoms with Gasteiger partial charge in [0.05, 0.1) is 87.2 Å². The first-order valence-corrected chi connectivity index (χ1v) is 46.1. The van der Waals surface area contributed by atoms with E-state index in [1.165, 1.54) is 44.8 Å². The molecule has 0 aliphatic carbocycles. The van der Waals surface area contributed by atoms with Gasteiger partial charge in [-0.3, -0.25) is 25.0 Å². The molecule has 5 aliphatic rings. The standard InChI is InChI=1S/C24H24N2O2.C24H24N2O.C23H20Cl2N2.C23H21ClN2O.C22H20N2/c1-17-23(18-9-13-21(27-2)14-10-18)25-24(19-11-15-22(28-3)16-12-19)26(17)20-7-5-4-6-8-20;1-17-9-13-21(14-10-17)26-18(2)23(19-11-15-22(27-3)16-12-19)25-24(26)20-7-5-4-6-8-20;1-15-3-13-21(14-4-15)27-16(2)22(17-5-9-19(24)10-6-17)26-23(27)18-7-11-20(25)12-8-18;1-16-22(17-8-14-21(27-2)15-9-17)25-23(18-6-4-3-5-7-18)26(16)20-12-10-19(24)11-13-20;1-17-21(18-11-5-2-6-12-18)23-22(19-13-7-3-8-14-19)24(17)20-15-9-4-10-16-20/h4-17,24H,1-3H3;4-16,18,24H,1-3H3;3-14,16,23H,1-2H3;3-16,23H,1-2H3;2-17,22H,1H3. The molecule has 5 aliphatic heterocycles.